The van der Waals surface area contributed by atoms with Crippen molar-refractivity contribution in [2.75, 3.05) is 0 Å². The van der Waals surface area contributed by atoms with Gasteiger partial charge in [-0.05, 0) is 36.9 Å². The van der Waals surface area contributed by atoms with Gasteiger partial charge in [0.15, 0.2) is 10.9 Å². The summed E-state index contributed by atoms with van der Waals surface area (Å²) >= 11 is 1.10. The van der Waals surface area contributed by atoms with E-state index in [4.69, 9.17) is 0 Å². The van der Waals surface area contributed by atoms with Crippen LogP contribution in [-0.2, 0) is 0 Å². The molecule has 0 saturated carbocycles. The number of nitro groups is 1. The summed E-state index contributed by atoms with van der Waals surface area (Å²) in [6.45, 7) is 1.82. The number of carbonyl (C=O) groups is 1. The quantitative estimate of drug-likeness (QED) is 0.298. The number of nitrogens with zero attached hydrogens (tertiary/aromatic N) is 3. The summed E-state index contributed by atoms with van der Waals surface area (Å²) in [4.78, 5) is 32.1. The first kappa shape index (κ1) is 16.8. The van der Waals surface area contributed by atoms with Gasteiger partial charge in [-0.3, -0.25) is 14.9 Å². The molecule has 1 aromatic heterocycles. The molecular weight excluding hydrogens is 338 g/mol. The van der Waals surface area contributed by atoms with Crippen LogP contribution in [0.4, 0.5) is 5.69 Å². The number of carbonyl (C=O) groups excluding carboxylic acids is 1. The fourth-order valence-corrected chi connectivity index (χ4v) is 3.09. The highest BCUT2D eigenvalue weighted by molar-refractivity contribution is 7.99. The summed E-state index contributed by atoms with van der Waals surface area (Å²) in [5.41, 5.74) is 1.39. The highest BCUT2D eigenvalue weighted by atomic mass is 32.2. The Morgan fingerprint density at radius 3 is 2.52 bits per heavy atom. The van der Waals surface area contributed by atoms with Gasteiger partial charge in [0.25, 0.3) is 5.69 Å². The van der Waals surface area contributed by atoms with Crippen LogP contribution in [-0.4, -0.2) is 20.7 Å². The van der Waals surface area contributed by atoms with E-state index >= 15 is 0 Å². The van der Waals surface area contributed by atoms with Crippen molar-refractivity contribution >= 4 is 23.2 Å². The number of hydrogen-bond donors (Lipinski definition) is 0. The standard InChI is InChI=1S/C18H13N3O3S/c1-12-9-10-19-18(20-12)25-16-8-7-14(11-15(16)21(23)24)17(22)13-5-3-2-4-6-13/h2-11H,1H3. The van der Waals surface area contributed by atoms with Crippen molar-refractivity contribution in [2.45, 2.75) is 17.0 Å². The molecule has 0 aliphatic rings. The predicted molar refractivity (Wildman–Crippen MR) is 93.9 cm³/mol. The van der Waals surface area contributed by atoms with Gasteiger partial charge < -0.3 is 0 Å². The Bertz CT molecular complexity index is 945. The molecule has 2 aromatic carbocycles. The van der Waals surface area contributed by atoms with Crippen molar-refractivity contribution in [1.82, 2.24) is 9.97 Å². The van der Waals surface area contributed by atoms with Gasteiger partial charge in [-0.15, -0.1) is 0 Å². The second-order valence-electron chi connectivity index (χ2n) is 5.22. The van der Waals surface area contributed by atoms with Gasteiger partial charge in [0, 0.05) is 29.1 Å². The molecule has 6 nitrogen and oxygen atoms in total. The molecule has 0 aliphatic carbocycles. The minimum Gasteiger partial charge on any atom is -0.289 e. The van der Waals surface area contributed by atoms with Crippen molar-refractivity contribution in [3.05, 3.63) is 87.7 Å². The van der Waals surface area contributed by atoms with E-state index in [0.29, 0.717) is 15.6 Å². The minimum atomic E-state index is -0.500. The van der Waals surface area contributed by atoms with Crippen molar-refractivity contribution in [3.63, 3.8) is 0 Å². The van der Waals surface area contributed by atoms with Crippen LogP contribution in [0, 0.1) is 17.0 Å². The van der Waals surface area contributed by atoms with Gasteiger partial charge in [-0.25, -0.2) is 9.97 Å². The topological polar surface area (TPSA) is 86.0 Å². The first-order chi connectivity index (χ1) is 12.0. The lowest BCUT2D eigenvalue weighted by Crippen LogP contribution is -2.02. The molecule has 0 amide bonds. The Kier molecular flexibility index (Phi) is 4.85. The summed E-state index contributed by atoms with van der Waals surface area (Å²) in [6, 6.07) is 14.9. The maximum atomic E-state index is 12.5. The van der Waals surface area contributed by atoms with Gasteiger partial charge in [-0.2, -0.15) is 0 Å². The van der Waals surface area contributed by atoms with Crippen LogP contribution in [0.25, 0.3) is 0 Å². The van der Waals surface area contributed by atoms with Gasteiger partial charge in [0.05, 0.1) is 9.82 Å². The molecule has 0 N–H and O–H groups in total. The largest absolute Gasteiger partial charge is 0.289 e. The summed E-state index contributed by atoms with van der Waals surface area (Å²) < 4.78 is 0. The molecule has 7 heteroatoms. The van der Waals surface area contributed by atoms with Gasteiger partial charge in [-0.1, -0.05) is 30.3 Å². The monoisotopic (exact) mass is 351 g/mol. The van der Waals surface area contributed by atoms with E-state index in [0.717, 1.165) is 17.5 Å². The van der Waals surface area contributed by atoms with E-state index < -0.39 is 4.92 Å². The molecule has 0 aliphatic heterocycles. The zero-order valence-electron chi connectivity index (χ0n) is 13.2. The highest BCUT2D eigenvalue weighted by Crippen LogP contribution is 2.34. The molecule has 3 rings (SSSR count). The van der Waals surface area contributed by atoms with Gasteiger partial charge in [0.1, 0.15) is 0 Å². The van der Waals surface area contributed by atoms with Crippen LogP contribution < -0.4 is 0 Å². The predicted octanol–water partition coefficient (Wildman–Crippen LogP) is 4.08. The SMILES string of the molecule is Cc1ccnc(Sc2ccc(C(=O)c3ccccc3)cc2[N+](=O)[O-])n1. The Hall–Kier alpha value is -3.06. The second-order valence-corrected chi connectivity index (χ2v) is 6.23. The number of nitro benzene ring substituents is 1. The molecule has 1 heterocycles. The van der Waals surface area contributed by atoms with Crippen molar-refractivity contribution in [2.24, 2.45) is 0 Å². The number of aromatic nitrogens is 2. The third-order valence-corrected chi connectivity index (χ3v) is 4.37. The van der Waals surface area contributed by atoms with Crippen molar-refractivity contribution in [3.8, 4) is 0 Å². The molecular formula is C18H13N3O3S. The van der Waals surface area contributed by atoms with E-state index in [1.807, 2.05) is 6.92 Å². The molecule has 25 heavy (non-hydrogen) atoms. The lowest BCUT2D eigenvalue weighted by atomic mass is 10.0. The van der Waals surface area contributed by atoms with Crippen molar-refractivity contribution < 1.29 is 9.72 Å². The summed E-state index contributed by atoms with van der Waals surface area (Å²) in [6.07, 6.45) is 1.60. The molecule has 0 spiro atoms. The van der Waals surface area contributed by atoms with E-state index in [1.54, 1.807) is 54.7 Å². The third kappa shape index (κ3) is 3.89. The average Bonchev–Trinajstić information content (AvgIpc) is 2.62. The number of hydrogen-bond acceptors (Lipinski definition) is 6. The Morgan fingerprint density at radius 1 is 1.08 bits per heavy atom. The van der Waals surface area contributed by atoms with E-state index in [9.17, 15) is 14.9 Å². The number of rotatable bonds is 5. The van der Waals surface area contributed by atoms with Crippen LogP contribution in [0.2, 0.25) is 0 Å². The zero-order chi connectivity index (χ0) is 17.8. The molecule has 0 fully saturated rings. The van der Waals surface area contributed by atoms with Gasteiger partial charge in [0.2, 0.25) is 0 Å². The number of benzene rings is 2. The third-order valence-electron chi connectivity index (χ3n) is 3.43. The summed E-state index contributed by atoms with van der Waals surface area (Å²) in [7, 11) is 0. The first-order valence-electron chi connectivity index (χ1n) is 7.40. The Balaban J connectivity index is 1.96. The van der Waals surface area contributed by atoms with Crippen LogP contribution in [0.1, 0.15) is 21.6 Å². The smallest absolute Gasteiger partial charge is 0.284 e. The van der Waals surface area contributed by atoms with Crippen LogP contribution in [0.15, 0.2) is 70.8 Å². The van der Waals surface area contributed by atoms with E-state index in [1.165, 1.54) is 6.07 Å². The molecule has 0 radical (unpaired) electrons. The van der Waals surface area contributed by atoms with E-state index in [-0.39, 0.29) is 17.0 Å². The number of aryl methyl sites for hydroxylation is 1. The molecule has 0 atom stereocenters. The minimum absolute atomic E-state index is 0.142. The molecule has 0 bridgehead atoms. The molecule has 124 valence electrons. The molecule has 0 unspecified atom stereocenters. The molecule has 0 saturated heterocycles. The second kappa shape index (κ2) is 7.23. The summed E-state index contributed by atoms with van der Waals surface area (Å²) in [5, 5.41) is 11.9. The normalized spacial score (nSPS) is 10.4. The lowest BCUT2D eigenvalue weighted by Gasteiger charge is -2.05. The summed E-state index contributed by atoms with van der Waals surface area (Å²) in [5.74, 6) is -0.257. The zero-order valence-corrected chi connectivity index (χ0v) is 14.1. The first-order valence-corrected chi connectivity index (χ1v) is 8.22. The number of ketones is 1. The highest BCUT2D eigenvalue weighted by Gasteiger charge is 2.20. The Labute approximate surface area is 148 Å². The Morgan fingerprint density at radius 2 is 1.84 bits per heavy atom. The lowest BCUT2D eigenvalue weighted by molar-refractivity contribution is -0.387. The fraction of sp³-hybridized carbons (Fsp3) is 0.0556. The van der Waals surface area contributed by atoms with Crippen molar-refractivity contribution in [1.29, 1.82) is 0 Å². The average molecular weight is 351 g/mol. The fourth-order valence-electron chi connectivity index (χ4n) is 2.22. The van der Waals surface area contributed by atoms with E-state index in [2.05, 4.69) is 9.97 Å². The maximum Gasteiger partial charge on any atom is 0.284 e. The van der Waals surface area contributed by atoms with Crippen LogP contribution in [0.3, 0.4) is 0 Å². The van der Waals surface area contributed by atoms with Crippen LogP contribution in [0.5, 0.6) is 0 Å². The van der Waals surface area contributed by atoms with Gasteiger partial charge >= 0.3 is 0 Å². The van der Waals surface area contributed by atoms with Crippen LogP contribution >= 0.6 is 11.8 Å². The molecule has 3 aromatic rings. The maximum absolute atomic E-state index is 12.5.